The number of hydrogen-bond donors (Lipinski definition) is 2. The first kappa shape index (κ1) is 12.3. The Morgan fingerprint density at radius 2 is 1.81 bits per heavy atom. The van der Waals surface area contributed by atoms with Crippen molar-refractivity contribution in [3.8, 4) is 0 Å². The van der Waals surface area contributed by atoms with Crippen LogP contribution in [0, 0.1) is 0 Å². The minimum atomic E-state index is -0.0374. The molecule has 0 amide bonds. The summed E-state index contributed by atoms with van der Waals surface area (Å²) in [4.78, 5) is 2.39. The van der Waals surface area contributed by atoms with Crippen LogP contribution in [0.1, 0.15) is 44.9 Å². The van der Waals surface area contributed by atoms with Crippen LogP contribution in [0.25, 0.3) is 0 Å². The summed E-state index contributed by atoms with van der Waals surface area (Å²) in [6.45, 7) is 1.13. The second-order valence-electron chi connectivity index (χ2n) is 5.86. The summed E-state index contributed by atoms with van der Waals surface area (Å²) in [5.74, 6) is 0. The van der Waals surface area contributed by atoms with Gasteiger partial charge in [-0.2, -0.15) is 0 Å². The molecule has 2 fully saturated rings. The molecule has 3 heteroatoms. The second kappa shape index (κ2) is 5.03. The summed E-state index contributed by atoms with van der Waals surface area (Å²) in [5.41, 5.74) is 0.427. The van der Waals surface area contributed by atoms with Crippen molar-refractivity contribution in [1.82, 2.24) is 10.2 Å². The van der Waals surface area contributed by atoms with E-state index >= 15 is 0 Å². The Morgan fingerprint density at radius 3 is 2.25 bits per heavy atom. The van der Waals surface area contributed by atoms with Crippen LogP contribution < -0.4 is 5.32 Å². The number of nitrogens with one attached hydrogen (secondary N) is 1. The van der Waals surface area contributed by atoms with Gasteiger partial charge in [-0.15, -0.1) is 0 Å². The molecule has 3 nitrogen and oxygen atoms in total. The highest BCUT2D eigenvalue weighted by Gasteiger charge is 2.39. The summed E-state index contributed by atoms with van der Waals surface area (Å²) >= 11 is 0. The topological polar surface area (TPSA) is 35.5 Å². The number of nitrogens with zero attached hydrogens (tertiary/aromatic N) is 1. The summed E-state index contributed by atoms with van der Waals surface area (Å²) in [6.07, 6.45) is 8.26. The molecule has 0 saturated heterocycles. The Morgan fingerprint density at radius 1 is 1.19 bits per heavy atom. The molecular formula is C13H26N2O. The van der Waals surface area contributed by atoms with Gasteiger partial charge in [0.05, 0.1) is 6.10 Å². The molecule has 94 valence electrons. The minimum absolute atomic E-state index is 0.0374. The van der Waals surface area contributed by atoms with Crippen LogP contribution in [0.15, 0.2) is 0 Å². The maximum absolute atomic E-state index is 9.46. The van der Waals surface area contributed by atoms with E-state index in [4.69, 9.17) is 0 Å². The molecule has 0 aromatic carbocycles. The minimum Gasteiger partial charge on any atom is -0.393 e. The van der Waals surface area contributed by atoms with Crippen LogP contribution in [0.4, 0.5) is 0 Å². The predicted molar refractivity (Wildman–Crippen MR) is 66.5 cm³/mol. The SMILES string of the molecule is CN(C)C1(CNC2CCC(O)CC2)CCC1. The fourth-order valence-electron chi connectivity index (χ4n) is 2.98. The molecule has 16 heavy (non-hydrogen) atoms. The third kappa shape index (κ3) is 2.58. The van der Waals surface area contributed by atoms with E-state index < -0.39 is 0 Å². The lowest BCUT2D eigenvalue weighted by Gasteiger charge is -2.48. The average Bonchev–Trinajstić information content (AvgIpc) is 2.18. The van der Waals surface area contributed by atoms with Crippen molar-refractivity contribution >= 4 is 0 Å². The van der Waals surface area contributed by atoms with Gasteiger partial charge in [-0.1, -0.05) is 0 Å². The maximum Gasteiger partial charge on any atom is 0.0541 e. The van der Waals surface area contributed by atoms with Crippen molar-refractivity contribution in [2.24, 2.45) is 0 Å². The number of rotatable bonds is 4. The van der Waals surface area contributed by atoms with Gasteiger partial charge in [0.2, 0.25) is 0 Å². The van der Waals surface area contributed by atoms with E-state index in [0.29, 0.717) is 11.6 Å². The lowest BCUT2D eigenvalue weighted by molar-refractivity contribution is 0.0511. The van der Waals surface area contributed by atoms with Crippen molar-refractivity contribution < 1.29 is 5.11 Å². The first-order valence-corrected chi connectivity index (χ1v) is 6.71. The number of hydrogen-bond acceptors (Lipinski definition) is 3. The van der Waals surface area contributed by atoms with Crippen molar-refractivity contribution in [3.63, 3.8) is 0 Å². The van der Waals surface area contributed by atoms with E-state index in [1.54, 1.807) is 0 Å². The lowest BCUT2D eigenvalue weighted by atomic mass is 9.75. The molecule has 0 bridgehead atoms. The van der Waals surface area contributed by atoms with Gasteiger partial charge in [0.25, 0.3) is 0 Å². The third-order valence-corrected chi connectivity index (χ3v) is 4.65. The first-order valence-electron chi connectivity index (χ1n) is 6.71. The summed E-state index contributed by atoms with van der Waals surface area (Å²) in [7, 11) is 4.40. The van der Waals surface area contributed by atoms with Crippen molar-refractivity contribution in [2.45, 2.75) is 62.6 Å². The zero-order chi connectivity index (χ0) is 11.6. The van der Waals surface area contributed by atoms with Crippen LogP contribution in [0.5, 0.6) is 0 Å². The molecule has 0 aliphatic heterocycles. The van der Waals surface area contributed by atoms with Gasteiger partial charge in [-0.3, -0.25) is 0 Å². The van der Waals surface area contributed by atoms with Gasteiger partial charge >= 0.3 is 0 Å². The summed E-state index contributed by atoms with van der Waals surface area (Å²) in [5, 5.41) is 13.2. The monoisotopic (exact) mass is 226 g/mol. The molecule has 0 atom stereocenters. The molecule has 0 aromatic rings. The Bertz CT molecular complexity index is 218. The highest BCUT2D eigenvalue weighted by atomic mass is 16.3. The zero-order valence-corrected chi connectivity index (χ0v) is 10.7. The van der Waals surface area contributed by atoms with Gasteiger partial charge in [0, 0.05) is 18.1 Å². The van der Waals surface area contributed by atoms with Crippen LogP contribution in [-0.2, 0) is 0 Å². The largest absolute Gasteiger partial charge is 0.393 e. The van der Waals surface area contributed by atoms with Gasteiger partial charge in [-0.25, -0.2) is 0 Å². The Hall–Kier alpha value is -0.120. The third-order valence-electron chi connectivity index (χ3n) is 4.65. The number of likely N-dealkylation sites (N-methyl/N-ethyl adjacent to an activating group) is 1. The van der Waals surface area contributed by atoms with Crippen LogP contribution in [0.3, 0.4) is 0 Å². The normalized spacial score (nSPS) is 33.8. The molecule has 2 aliphatic carbocycles. The van der Waals surface area contributed by atoms with Gasteiger partial charge in [-0.05, 0) is 59.0 Å². The molecule has 0 unspecified atom stereocenters. The number of aliphatic hydroxyl groups excluding tert-OH is 1. The second-order valence-corrected chi connectivity index (χ2v) is 5.86. The quantitative estimate of drug-likeness (QED) is 0.760. The Balaban J connectivity index is 1.74. The van der Waals surface area contributed by atoms with E-state index in [-0.39, 0.29) is 6.10 Å². The fraction of sp³-hybridized carbons (Fsp3) is 1.00. The number of aliphatic hydroxyl groups is 1. The fourth-order valence-corrected chi connectivity index (χ4v) is 2.98. The highest BCUT2D eigenvalue weighted by Crippen LogP contribution is 2.35. The van der Waals surface area contributed by atoms with Crippen LogP contribution in [-0.4, -0.2) is 48.3 Å². The molecule has 2 aliphatic rings. The van der Waals surface area contributed by atoms with E-state index in [0.717, 1.165) is 32.2 Å². The standard InChI is InChI=1S/C13H26N2O/c1-15(2)13(8-3-9-13)10-14-11-4-6-12(16)7-5-11/h11-12,14,16H,3-10H2,1-2H3. The zero-order valence-electron chi connectivity index (χ0n) is 10.7. The molecule has 0 heterocycles. The van der Waals surface area contributed by atoms with Gasteiger partial charge in [0.15, 0.2) is 0 Å². The van der Waals surface area contributed by atoms with E-state index in [2.05, 4.69) is 24.3 Å². The summed E-state index contributed by atoms with van der Waals surface area (Å²) in [6, 6.07) is 0.640. The summed E-state index contributed by atoms with van der Waals surface area (Å²) < 4.78 is 0. The smallest absolute Gasteiger partial charge is 0.0541 e. The van der Waals surface area contributed by atoms with E-state index in [1.807, 2.05) is 0 Å². The molecule has 2 N–H and O–H groups in total. The van der Waals surface area contributed by atoms with Gasteiger partial charge in [0.1, 0.15) is 0 Å². The van der Waals surface area contributed by atoms with Gasteiger partial charge < -0.3 is 15.3 Å². The Labute approximate surface area is 99.2 Å². The highest BCUT2D eigenvalue weighted by molar-refractivity contribution is 4.98. The molecule has 0 spiro atoms. The van der Waals surface area contributed by atoms with E-state index in [9.17, 15) is 5.11 Å². The average molecular weight is 226 g/mol. The van der Waals surface area contributed by atoms with Crippen LogP contribution in [0.2, 0.25) is 0 Å². The molecular weight excluding hydrogens is 200 g/mol. The van der Waals surface area contributed by atoms with Crippen molar-refractivity contribution in [2.75, 3.05) is 20.6 Å². The van der Waals surface area contributed by atoms with Crippen molar-refractivity contribution in [3.05, 3.63) is 0 Å². The van der Waals surface area contributed by atoms with E-state index in [1.165, 1.54) is 19.3 Å². The molecule has 0 radical (unpaired) electrons. The molecule has 0 aromatic heterocycles. The van der Waals surface area contributed by atoms with Crippen molar-refractivity contribution in [1.29, 1.82) is 0 Å². The first-order chi connectivity index (χ1) is 7.62. The Kier molecular flexibility index (Phi) is 3.88. The lowest BCUT2D eigenvalue weighted by Crippen LogP contribution is -2.58. The molecule has 2 rings (SSSR count). The van der Waals surface area contributed by atoms with Crippen LogP contribution >= 0.6 is 0 Å². The molecule has 2 saturated carbocycles. The predicted octanol–water partition coefficient (Wildman–Crippen LogP) is 1.36. The maximum atomic E-state index is 9.46.